The topological polar surface area (TPSA) is 94.5 Å². The molecule has 0 radical (unpaired) electrons. The average Bonchev–Trinajstić information content (AvgIpc) is 2.57. The van der Waals surface area contributed by atoms with E-state index in [9.17, 15) is 18.0 Å². The third-order valence-corrected chi connectivity index (χ3v) is 4.96. The van der Waals surface area contributed by atoms with Gasteiger partial charge in [0.05, 0.1) is 12.9 Å². The number of nitrogens with zero attached hydrogens (tertiary/aromatic N) is 1. The number of anilines is 1. The van der Waals surface area contributed by atoms with Gasteiger partial charge in [0.25, 0.3) is 5.56 Å². The van der Waals surface area contributed by atoms with Crippen LogP contribution in [0.4, 0.5) is 5.69 Å². The molecule has 0 spiro atoms. The van der Waals surface area contributed by atoms with Gasteiger partial charge < -0.3 is 4.74 Å². The number of hydrogen-bond acceptors (Lipinski definition) is 5. The van der Waals surface area contributed by atoms with Gasteiger partial charge in [-0.15, -0.1) is 0 Å². The zero-order valence-electron chi connectivity index (χ0n) is 14.2. The first kappa shape index (κ1) is 18.7. The summed E-state index contributed by atoms with van der Waals surface area (Å²) in [5.74, 6) is -0.845. The third-order valence-electron chi connectivity index (χ3n) is 3.71. The van der Waals surface area contributed by atoms with E-state index in [2.05, 4.69) is 9.46 Å². The number of benzene rings is 1. The number of sulfonamides is 1. The number of carbonyl (C=O) groups excluding carboxylic acids is 1. The van der Waals surface area contributed by atoms with Crippen molar-refractivity contribution in [3.05, 3.63) is 64.1 Å². The fourth-order valence-corrected chi connectivity index (χ4v) is 3.67. The summed E-state index contributed by atoms with van der Waals surface area (Å²) in [4.78, 5) is 24.3. The molecule has 0 aliphatic rings. The van der Waals surface area contributed by atoms with Crippen molar-refractivity contribution in [1.82, 2.24) is 4.57 Å². The van der Waals surface area contributed by atoms with Crippen LogP contribution in [-0.2, 0) is 25.3 Å². The Morgan fingerprint density at radius 3 is 2.44 bits per heavy atom. The fourth-order valence-electron chi connectivity index (χ4n) is 2.48. The number of nitrogens with one attached hydrogen (secondary N) is 1. The number of hydrogen-bond donors (Lipinski definition) is 1. The van der Waals surface area contributed by atoms with Gasteiger partial charge in [-0.05, 0) is 31.5 Å². The number of esters is 1. The minimum absolute atomic E-state index is 0.114. The van der Waals surface area contributed by atoms with Crippen LogP contribution in [0.25, 0.3) is 0 Å². The molecule has 2 rings (SSSR count). The second-order valence-electron chi connectivity index (χ2n) is 5.61. The highest BCUT2D eigenvalue weighted by molar-refractivity contribution is 7.91. The molecule has 1 aromatic heterocycles. The minimum Gasteiger partial charge on any atom is -0.467 e. The van der Waals surface area contributed by atoms with Gasteiger partial charge in [0, 0.05) is 5.69 Å². The number of carbonyl (C=O) groups is 1. The predicted octanol–water partition coefficient (Wildman–Crippen LogP) is 1.83. The van der Waals surface area contributed by atoms with Crippen molar-refractivity contribution in [1.29, 1.82) is 0 Å². The summed E-state index contributed by atoms with van der Waals surface area (Å²) in [6, 6.07) is 10.7. The van der Waals surface area contributed by atoms with Crippen molar-refractivity contribution in [2.45, 2.75) is 25.6 Å². The lowest BCUT2D eigenvalue weighted by Crippen LogP contribution is -2.33. The normalized spacial score (nSPS) is 12.4. The number of aromatic nitrogens is 1. The first-order valence-corrected chi connectivity index (χ1v) is 9.25. The lowest BCUT2D eigenvalue weighted by atomic mass is 10.2. The summed E-state index contributed by atoms with van der Waals surface area (Å²) in [6.45, 7) is 3.17. The second kappa shape index (κ2) is 7.52. The van der Waals surface area contributed by atoms with Crippen LogP contribution in [0.1, 0.15) is 24.2 Å². The molecule has 1 atom stereocenters. The van der Waals surface area contributed by atoms with Crippen molar-refractivity contribution < 1.29 is 17.9 Å². The maximum atomic E-state index is 12.6. The lowest BCUT2D eigenvalue weighted by molar-refractivity contribution is -0.144. The zero-order chi connectivity index (χ0) is 18.6. The van der Waals surface area contributed by atoms with Crippen LogP contribution < -0.4 is 10.3 Å². The first-order chi connectivity index (χ1) is 11.7. The molecule has 0 amide bonds. The fraction of sp³-hybridized carbons (Fsp3) is 0.294. The summed E-state index contributed by atoms with van der Waals surface area (Å²) < 4.78 is 32.8. The highest BCUT2D eigenvalue weighted by Gasteiger charge is 2.21. The minimum atomic E-state index is -3.77. The molecule has 0 fully saturated rings. The number of aryl methyl sites for hydroxylation is 1. The van der Waals surface area contributed by atoms with Gasteiger partial charge in [-0.3, -0.25) is 14.1 Å². The van der Waals surface area contributed by atoms with E-state index < -0.39 is 27.6 Å². The van der Waals surface area contributed by atoms with Gasteiger partial charge in [-0.25, -0.2) is 13.2 Å². The Bertz CT molecular complexity index is 920. The Kier molecular flexibility index (Phi) is 5.63. The van der Waals surface area contributed by atoms with Crippen molar-refractivity contribution in [2.75, 3.05) is 11.8 Å². The Morgan fingerprint density at radius 1 is 1.20 bits per heavy atom. The Morgan fingerprint density at radius 2 is 1.84 bits per heavy atom. The Balaban J connectivity index is 2.34. The van der Waals surface area contributed by atoms with Crippen molar-refractivity contribution in [3.8, 4) is 0 Å². The lowest BCUT2D eigenvalue weighted by Gasteiger charge is -2.17. The van der Waals surface area contributed by atoms with Crippen LogP contribution in [0.15, 0.2) is 47.3 Å². The number of methoxy groups -OCH3 is 1. The molecular formula is C17H20N2O5S. The highest BCUT2D eigenvalue weighted by atomic mass is 32.2. The molecule has 8 heteroatoms. The zero-order valence-corrected chi connectivity index (χ0v) is 15.0. The molecule has 0 bridgehead atoms. The average molecular weight is 364 g/mol. The monoisotopic (exact) mass is 364 g/mol. The van der Waals surface area contributed by atoms with Gasteiger partial charge in [0.2, 0.25) is 10.0 Å². The summed E-state index contributed by atoms with van der Waals surface area (Å²) in [7, 11) is -2.54. The van der Waals surface area contributed by atoms with E-state index in [1.54, 1.807) is 43.3 Å². The van der Waals surface area contributed by atoms with Crippen LogP contribution in [0.5, 0.6) is 0 Å². The van der Waals surface area contributed by atoms with Crippen LogP contribution in [0.2, 0.25) is 0 Å². The van der Waals surface area contributed by atoms with E-state index in [0.717, 1.165) is 0 Å². The van der Waals surface area contributed by atoms with E-state index >= 15 is 0 Å². The number of rotatable bonds is 6. The van der Waals surface area contributed by atoms with Crippen molar-refractivity contribution >= 4 is 21.7 Å². The van der Waals surface area contributed by atoms with Crippen molar-refractivity contribution in [3.63, 3.8) is 0 Å². The second-order valence-corrected chi connectivity index (χ2v) is 7.33. The van der Waals surface area contributed by atoms with Crippen LogP contribution >= 0.6 is 0 Å². The van der Waals surface area contributed by atoms with E-state index in [1.165, 1.54) is 24.7 Å². The molecule has 1 N–H and O–H groups in total. The van der Waals surface area contributed by atoms with E-state index in [1.807, 2.05) is 0 Å². The number of pyridine rings is 1. The maximum Gasteiger partial charge on any atom is 0.328 e. The smallest absolute Gasteiger partial charge is 0.328 e. The van der Waals surface area contributed by atoms with Crippen molar-refractivity contribution in [2.24, 2.45) is 0 Å². The van der Waals surface area contributed by atoms with Gasteiger partial charge in [-0.1, -0.05) is 30.3 Å². The molecule has 0 aliphatic heterocycles. The van der Waals surface area contributed by atoms with Crippen LogP contribution in [-0.4, -0.2) is 26.1 Å². The molecule has 7 nitrogen and oxygen atoms in total. The molecular weight excluding hydrogens is 344 g/mol. The third kappa shape index (κ3) is 4.48. The van der Waals surface area contributed by atoms with Gasteiger partial charge in [0.1, 0.15) is 11.7 Å². The predicted molar refractivity (Wildman–Crippen MR) is 94.9 cm³/mol. The Hall–Kier alpha value is -2.61. The summed E-state index contributed by atoms with van der Waals surface area (Å²) in [6.07, 6.45) is 0. The SMILES string of the molecule is COC(=O)C(C)n1c(C)ccc(NS(=O)(=O)Cc2ccccc2)c1=O. The summed E-state index contributed by atoms with van der Waals surface area (Å²) in [5.41, 5.74) is 0.408. The summed E-state index contributed by atoms with van der Waals surface area (Å²) in [5, 5.41) is 0. The van der Waals surface area contributed by atoms with E-state index in [0.29, 0.717) is 11.3 Å². The number of ether oxygens (including phenoxy) is 1. The quantitative estimate of drug-likeness (QED) is 0.789. The standard InChI is InChI=1S/C17H20N2O5S/c1-12-9-10-15(16(20)19(12)13(2)17(21)24-3)18-25(22,23)11-14-7-5-4-6-8-14/h4-10,13,18H,11H2,1-3H3. The molecule has 134 valence electrons. The van der Waals surface area contributed by atoms with Gasteiger partial charge in [-0.2, -0.15) is 0 Å². The maximum absolute atomic E-state index is 12.6. The first-order valence-electron chi connectivity index (χ1n) is 7.59. The molecule has 0 saturated heterocycles. The highest BCUT2D eigenvalue weighted by Crippen LogP contribution is 2.14. The molecule has 1 heterocycles. The van der Waals surface area contributed by atoms with E-state index in [4.69, 9.17) is 0 Å². The van der Waals surface area contributed by atoms with Gasteiger partial charge >= 0.3 is 5.97 Å². The van der Waals surface area contributed by atoms with Crippen LogP contribution in [0.3, 0.4) is 0 Å². The van der Waals surface area contributed by atoms with E-state index in [-0.39, 0.29) is 11.4 Å². The molecule has 25 heavy (non-hydrogen) atoms. The summed E-state index contributed by atoms with van der Waals surface area (Å²) >= 11 is 0. The molecule has 1 aromatic carbocycles. The van der Waals surface area contributed by atoms with Crippen LogP contribution in [0, 0.1) is 6.92 Å². The molecule has 2 aromatic rings. The Labute approximate surface area is 146 Å². The molecule has 0 saturated carbocycles. The largest absolute Gasteiger partial charge is 0.467 e. The van der Waals surface area contributed by atoms with Gasteiger partial charge in [0.15, 0.2) is 0 Å². The molecule has 1 unspecified atom stereocenters. The molecule has 0 aliphatic carbocycles.